The zero-order valence-electron chi connectivity index (χ0n) is 12.0. The fraction of sp³-hybridized carbons (Fsp3) is 1.00. The summed E-state index contributed by atoms with van der Waals surface area (Å²) in [6.45, 7) is 9.60. The van der Waals surface area contributed by atoms with Gasteiger partial charge in [-0.15, -0.1) is 0 Å². The lowest BCUT2D eigenvalue weighted by Crippen LogP contribution is -2.12. The van der Waals surface area contributed by atoms with Crippen LogP contribution >= 0.6 is 0 Å². The van der Waals surface area contributed by atoms with Crippen molar-refractivity contribution >= 4 is 0 Å². The van der Waals surface area contributed by atoms with E-state index in [9.17, 15) is 0 Å². The number of hydrogen-bond acceptors (Lipinski definition) is 0. The van der Waals surface area contributed by atoms with Crippen molar-refractivity contribution < 1.29 is 0 Å². The third-order valence-electron chi connectivity index (χ3n) is 4.70. The molecular formula is C16H32. The molecule has 0 aromatic heterocycles. The van der Waals surface area contributed by atoms with Gasteiger partial charge in [0.25, 0.3) is 0 Å². The van der Waals surface area contributed by atoms with Gasteiger partial charge in [0.15, 0.2) is 0 Å². The van der Waals surface area contributed by atoms with E-state index in [2.05, 4.69) is 27.7 Å². The van der Waals surface area contributed by atoms with Gasteiger partial charge in [-0.05, 0) is 30.1 Å². The fourth-order valence-electron chi connectivity index (χ4n) is 3.02. The van der Waals surface area contributed by atoms with Crippen LogP contribution in [0.3, 0.4) is 0 Å². The van der Waals surface area contributed by atoms with Crippen molar-refractivity contribution in [3.63, 3.8) is 0 Å². The largest absolute Gasteiger partial charge is 0.0625 e. The molecule has 0 spiro atoms. The van der Waals surface area contributed by atoms with Crippen LogP contribution in [-0.2, 0) is 0 Å². The highest BCUT2D eigenvalue weighted by Crippen LogP contribution is 2.30. The van der Waals surface area contributed by atoms with Crippen LogP contribution in [0.1, 0.15) is 79.1 Å². The third-order valence-corrected chi connectivity index (χ3v) is 4.70. The molecule has 0 N–H and O–H groups in total. The predicted octanol–water partition coefficient (Wildman–Crippen LogP) is 5.67. The fourth-order valence-corrected chi connectivity index (χ4v) is 3.02. The van der Waals surface area contributed by atoms with Gasteiger partial charge in [-0.25, -0.2) is 0 Å². The second-order valence-corrected chi connectivity index (χ2v) is 6.64. The molecule has 0 heterocycles. The van der Waals surface area contributed by atoms with E-state index in [1.165, 1.54) is 51.4 Å². The second-order valence-electron chi connectivity index (χ2n) is 6.64. The Bertz CT molecular complexity index is 165. The third kappa shape index (κ3) is 5.37. The quantitative estimate of drug-likeness (QED) is 0.545. The van der Waals surface area contributed by atoms with E-state index >= 15 is 0 Å². The second kappa shape index (κ2) is 7.35. The van der Waals surface area contributed by atoms with Gasteiger partial charge >= 0.3 is 0 Å². The molecule has 96 valence electrons. The van der Waals surface area contributed by atoms with Gasteiger partial charge in [-0.3, -0.25) is 0 Å². The number of rotatable bonds is 6. The topological polar surface area (TPSA) is 0 Å². The molecule has 0 aliphatic heterocycles. The summed E-state index contributed by atoms with van der Waals surface area (Å²) in [4.78, 5) is 0. The van der Waals surface area contributed by atoms with Crippen molar-refractivity contribution in [2.24, 2.45) is 23.7 Å². The first-order chi connectivity index (χ1) is 7.59. The van der Waals surface area contributed by atoms with Gasteiger partial charge in [0.1, 0.15) is 0 Å². The lowest BCUT2D eigenvalue weighted by atomic mass is 9.81. The van der Waals surface area contributed by atoms with E-state index in [0.717, 1.165) is 23.7 Å². The number of hydrogen-bond donors (Lipinski definition) is 0. The van der Waals surface area contributed by atoms with Gasteiger partial charge in [0.05, 0.1) is 0 Å². The SMILES string of the molecule is CC(CCC1CCCCC1)CC(C)C(C)C. The molecule has 0 radical (unpaired) electrons. The monoisotopic (exact) mass is 224 g/mol. The summed E-state index contributed by atoms with van der Waals surface area (Å²) < 4.78 is 0. The Morgan fingerprint density at radius 2 is 1.56 bits per heavy atom. The van der Waals surface area contributed by atoms with Crippen LogP contribution in [0.4, 0.5) is 0 Å². The van der Waals surface area contributed by atoms with Crippen LogP contribution in [0.25, 0.3) is 0 Å². The maximum Gasteiger partial charge on any atom is -0.0414 e. The molecule has 1 aliphatic carbocycles. The van der Waals surface area contributed by atoms with E-state index in [1.807, 2.05) is 0 Å². The van der Waals surface area contributed by atoms with Gasteiger partial charge in [0.2, 0.25) is 0 Å². The van der Waals surface area contributed by atoms with Crippen molar-refractivity contribution in [1.82, 2.24) is 0 Å². The first-order valence-corrected chi connectivity index (χ1v) is 7.59. The van der Waals surface area contributed by atoms with Crippen LogP contribution < -0.4 is 0 Å². The Kier molecular flexibility index (Phi) is 6.46. The van der Waals surface area contributed by atoms with Crippen LogP contribution in [0.15, 0.2) is 0 Å². The molecule has 1 fully saturated rings. The van der Waals surface area contributed by atoms with Crippen molar-refractivity contribution in [1.29, 1.82) is 0 Å². The molecule has 1 aliphatic rings. The smallest absolute Gasteiger partial charge is 0.0414 e. The lowest BCUT2D eigenvalue weighted by Gasteiger charge is -2.25. The molecule has 2 unspecified atom stereocenters. The highest BCUT2D eigenvalue weighted by atomic mass is 14.2. The summed E-state index contributed by atoms with van der Waals surface area (Å²) in [6, 6.07) is 0. The molecule has 0 aromatic rings. The Morgan fingerprint density at radius 1 is 0.938 bits per heavy atom. The normalized spacial score (nSPS) is 22.3. The molecule has 0 bridgehead atoms. The van der Waals surface area contributed by atoms with Gasteiger partial charge in [-0.2, -0.15) is 0 Å². The molecule has 1 rings (SSSR count). The molecular weight excluding hydrogens is 192 g/mol. The Balaban J connectivity index is 2.11. The standard InChI is InChI=1S/C16H32/c1-13(2)15(4)12-14(3)10-11-16-8-6-5-7-9-16/h13-16H,5-12H2,1-4H3. The first kappa shape index (κ1) is 14.1. The van der Waals surface area contributed by atoms with E-state index in [-0.39, 0.29) is 0 Å². The van der Waals surface area contributed by atoms with Gasteiger partial charge in [0, 0.05) is 0 Å². The Labute approximate surface area is 103 Å². The Hall–Kier alpha value is 0. The summed E-state index contributed by atoms with van der Waals surface area (Å²) in [5.41, 5.74) is 0. The first-order valence-electron chi connectivity index (χ1n) is 7.59. The van der Waals surface area contributed by atoms with Crippen LogP contribution in [0.2, 0.25) is 0 Å². The molecule has 2 atom stereocenters. The highest BCUT2D eigenvalue weighted by molar-refractivity contribution is 4.69. The molecule has 0 aromatic carbocycles. The Morgan fingerprint density at radius 3 is 2.12 bits per heavy atom. The molecule has 0 amide bonds. The van der Waals surface area contributed by atoms with Gasteiger partial charge < -0.3 is 0 Å². The summed E-state index contributed by atoms with van der Waals surface area (Å²) in [5, 5.41) is 0. The summed E-state index contributed by atoms with van der Waals surface area (Å²) in [5.74, 6) is 3.78. The lowest BCUT2D eigenvalue weighted by molar-refractivity contribution is 0.277. The molecule has 0 nitrogen and oxygen atoms in total. The minimum absolute atomic E-state index is 0.858. The average Bonchev–Trinajstić information content (AvgIpc) is 2.27. The van der Waals surface area contributed by atoms with Crippen molar-refractivity contribution in [3.8, 4) is 0 Å². The molecule has 0 heteroatoms. The van der Waals surface area contributed by atoms with Crippen LogP contribution in [0, 0.1) is 23.7 Å². The summed E-state index contributed by atoms with van der Waals surface area (Å²) >= 11 is 0. The van der Waals surface area contributed by atoms with Crippen molar-refractivity contribution in [3.05, 3.63) is 0 Å². The molecule has 0 saturated heterocycles. The van der Waals surface area contributed by atoms with E-state index < -0.39 is 0 Å². The predicted molar refractivity (Wildman–Crippen MR) is 73.6 cm³/mol. The van der Waals surface area contributed by atoms with E-state index in [1.54, 1.807) is 0 Å². The maximum absolute atomic E-state index is 2.46. The average molecular weight is 224 g/mol. The van der Waals surface area contributed by atoms with Crippen molar-refractivity contribution in [2.45, 2.75) is 79.1 Å². The highest BCUT2D eigenvalue weighted by Gasteiger charge is 2.16. The zero-order chi connectivity index (χ0) is 12.0. The minimum atomic E-state index is 0.858. The van der Waals surface area contributed by atoms with Crippen molar-refractivity contribution in [2.75, 3.05) is 0 Å². The summed E-state index contributed by atoms with van der Waals surface area (Å²) in [7, 11) is 0. The maximum atomic E-state index is 2.46. The van der Waals surface area contributed by atoms with E-state index in [4.69, 9.17) is 0 Å². The minimum Gasteiger partial charge on any atom is -0.0625 e. The molecule has 16 heavy (non-hydrogen) atoms. The van der Waals surface area contributed by atoms with Crippen LogP contribution in [-0.4, -0.2) is 0 Å². The van der Waals surface area contributed by atoms with E-state index in [0.29, 0.717) is 0 Å². The van der Waals surface area contributed by atoms with Crippen LogP contribution in [0.5, 0.6) is 0 Å². The zero-order valence-corrected chi connectivity index (χ0v) is 12.0. The van der Waals surface area contributed by atoms with Gasteiger partial charge in [-0.1, -0.05) is 72.6 Å². The molecule has 1 saturated carbocycles. The summed E-state index contributed by atoms with van der Waals surface area (Å²) in [6.07, 6.45) is 12.0.